The molecule has 0 saturated carbocycles. The predicted molar refractivity (Wildman–Crippen MR) is 81.5 cm³/mol. The smallest absolute Gasteiger partial charge is 0.269 e. The van der Waals surface area contributed by atoms with Crippen molar-refractivity contribution in [2.75, 3.05) is 11.9 Å². The quantitative estimate of drug-likeness (QED) is 0.347. The molecule has 1 aromatic carbocycles. The fourth-order valence-electron chi connectivity index (χ4n) is 1.60. The summed E-state index contributed by atoms with van der Waals surface area (Å²) in [5.74, 6) is 0. The molecule has 0 amide bonds. The van der Waals surface area contributed by atoms with Crippen LogP contribution in [0.4, 0.5) is 11.4 Å². The molecule has 19 heavy (non-hydrogen) atoms. The van der Waals surface area contributed by atoms with E-state index in [1.807, 2.05) is 0 Å². The van der Waals surface area contributed by atoms with Crippen molar-refractivity contribution in [3.63, 3.8) is 0 Å². The zero-order chi connectivity index (χ0) is 14.1. The Labute approximate surface area is 118 Å². The number of anilines is 1. The summed E-state index contributed by atoms with van der Waals surface area (Å²) in [5, 5.41) is 17.2. The maximum atomic E-state index is 10.5. The zero-order valence-corrected chi connectivity index (χ0v) is 11.8. The number of nitrogens with zero attached hydrogens (tertiary/aromatic N) is 1. The Balaban J connectivity index is 2.30. The molecule has 1 aromatic rings. The first-order chi connectivity index (χ1) is 9.13. The van der Waals surface area contributed by atoms with Gasteiger partial charge in [-0.15, -0.1) is 0 Å². The van der Waals surface area contributed by atoms with Gasteiger partial charge in [-0.05, 0) is 30.8 Å². The number of rotatable bonds is 7. The Morgan fingerprint density at radius 1 is 1.26 bits per heavy atom. The number of benzene rings is 1. The van der Waals surface area contributed by atoms with Crippen LogP contribution in [0.25, 0.3) is 0 Å². The van der Waals surface area contributed by atoms with Crippen LogP contribution in [0.3, 0.4) is 0 Å². The third-order valence-corrected chi connectivity index (χ3v) is 2.90. The fraction of sp³-hybridized carbons (Fsp3) is 0.462. The Kier molecular flexibility index (Phi) is 6.81. The van der Waals surface area contributed by atoms with Gasteiger partial charge in [-0.2, -0.15) is 0 Å². The highest BCUT2D eigenvalue weighted by Gasteiger charge is 2.04. The van der Waals surface area contributed by atoms with Crippen molar-refractivity contribution in [2.24, 2.45) is 0 Å². The molecule has 0 spiro atoms. The molecule has 2 N–H and O–H groups in total. The molecule has 0 unspecified atom stereocenters. The molecule has 0 aromatic heterocycles. The van der Waals surface area contributed by atoms with Crippen LogP contribution in [-0.2, 0) is 0 Å². The van der Waals surface area contributed by atoms with Crippen LogP contribution in [-0.4, -0.2) is 16.6 Å². The van der Waals surface area contributed by atoms with Gasteiger partial charge in [0.25, 0.3) is 5.69 Å². The van der Waals surface area contributed by atoms with Crippen LogP contribution in [0.5, 0.6) is 0 Å². The van der Waals surface area contributed by atoms with E-state index in [2.05, 4.69) is 17.6 Å². The molecule has 0 heterocycles. The Hall–Kier alpha value is -1.69. The normalized spacial score (nSPS) is 9.95. The van der Waals surface area contributed by atoms with E-state index in [-0.39, 0.29) is 5.69 Å². The minimum Gasteiger partial charge on any atom is -0.362 e. The summed E-state index contributed by atoms with van der Waals surface area (Å²) in [4.78, 5) is 10.1. The number of hydrogen-bond donors (Lipinski definition) is 2. The molecule has 0 fully saturated rings. The van der Waals surface area contributed by atoms with Gasteiger partial charge in [-0.3, -0.25) is 10.1 Å². The van der Waals surface area contributed by atoms with E-state index in [9.17, 15) is 10.1 Å². The van der Waals surface area contributed by atoms with Crippen molar-refractivity contribution in [2.45, 2.75) is 32.6 Å². The van der Waals surface area contributed by atoms with Gasteiger partial charge in [0, 0.05) is 24.4 Å². The first-order valence-electron chi connectivity index (χ1n) is 6.42. The van der Waals surface area contributed by atoms with Gasteiger partial charge in [-0.25, -0.2) is 0 Å². The average molecular weight is 281 g/mol. The molecule has 104 valence electrons. The summed E-state index contributed by atoms with van der Waals surface area (Å²) >= 11 is 5.14. The van der Waals surface area contributed by atoms with Gasteiger partial charge in [0.1, 0.15) is 0 Å². The van der Waals surface area contributed by atoms with E-state index in [0.717, 1.165) is 18.7 Å². The van der Waals surface area contributed by atoms with Crippen LogP contribution < -0.4 is 10.6 Å². The van der Waals surface area contributed by atoms with Crippen LogP contribution in [0.15, 0.2) is 24.3 Å². The summed E-state index contributed by atoms with van der Waals surface area (Å²) in [6.45, 7) is 3.02. The second-order valence-corrected chi connectivity index (χ2v) is 4.65. The Morgan fingerprint density at radius 2 is 1.95 bits per heavy atom. The predicted octanol–water partition coefficient (Wildman–Crippen LogP) is 3.46. The molecular formula is C13H19N3O2S. The summed E-state index contributed by atoms with van der Waals surface area (Å²) in [7, 11) is 0. The van der Waals surface area contributed by atoms with E-state index in [1.165, 1.54) is 31.4 Å². The SMILES string of the molecule is CCCCCCNC(=S)Nc1ccc([N+](=O)[O-])cc1. The lowest BCUT2D eigenvalue weighted by atomic mass is 10.2. The van der Waals surface area contributed by atoms with E-state index in [0.29, 0.717) is 5.11 Å². The standard InChI is InChI=1S/C13H19N3O2S/c1-2-3-4-5-10-14-13(19)15-11-6-8-12(9-7-11)16(17)18/h6-9H,2-5,10H2,1H3,(H2,14,15,19). The fourth-order valence-corrected chi connectivity index (χ4v) is 1.82. The molecule has 0 bridgehead atoms. The number of non-ortho nitro benzene ring substituents is 1. The number of nitro groups is 1. The molecule has 0 aliphatic carbocycles. The van der Waals surface area contributed by atoms with Gasteiger partial charge in [0.05, 0.1) is 4.92 Å². The van der Waals surface area contributed by atoms with E-state index >= 15 is 0 Å². The Morgan fingerprint density at radius 3 is 2.53 bits per heavy atom. The van der Waals surface area contributed by atoms with Gasteiger partial charge in [0.15, 0.2) is 5.11 Å². The topological polar surface area (TPSA) is 67.2 Å². The largest absolute Gasteiger partial charge is 0.362 e. The van der Waals surface area contributed by atoms with Crippen LogP contribution in [0.2, 0.25) is 0 Å². The lowest BCUT2D eigenvalue weighted by Gasteiger charge is -2.10. The first-order valence-corrected chi connectivity index (χ1v) is 6.83. The van der Waals surface area contributed by atoms with Crippen molar-refractivity contribution in [1.29, 1.82) is 0 Å². The number of nitrogens with one attached hydrogen (secondary N) is 2. The van der Waals surface area contributed by atoms with Crippen LogP contribution >= 0.6 is 12.2 Å². The van der Waals surface area contributed by atoms with Crippen LogP contribution in [0.1, 0.15) is 32.6 Å². The van der Waals surface area contributed by atoms with Crippen molar-refractivity contribution in [3.05, 3.63) is 34.4 Å². The van der Waals surface area contributed by atoms with Gasteiger partial charge >= 0.3 is 0 Å². The minimum atomic E-state index is -0.423. The maximum Gasteiger partial charge on any atom is 0.269 e. The van der Waals surface area contributed by atoms with Gasteiger partial charge in [0.2, 0.25) is 0 Å². The lowest BCUT2D eigenvalue weighted by molar-refractivity contribution is -0.384. The monoisotopic (exact) mass is 281 g/mol. The summed E-state index contributed by atoms with van der Waals surface area (Å²) in [6, 6.07) is 6.19. The summed E-state index contributed by atoms with van der Waals surface area (Å²) in [6.07, 6.45) is 4.75. The molecular weight excluding hydrogens is 262 g/mol. The molecule has 0 radical (unpaired) electrons. The second kappa shape index (κ2) is 8.42. The van der Waals surface area contributed by atoms with Crippen molar-refractivity contribution in [1.82, 2.24) is 5.32 Å². The summed E-state index contributed by atoms with van der Waals surface area (Å²) < 4.78 is 0. The third kappa shape index (κ3) is 6.15. The van der Waals surface area contributed by atoms with E-state index in [1.54, 1.807) is 12.1 Å². The highest BCUT2D eigenvalue weighted by atomic mass is 32.1. The zero-order valence-electron chi connectivity index (χ0n) is 11.0. The van der Waals surface area contributed by atoms with Gasteiger partial charge < -0.3 is 10.6 Å². The molecule has 6 heteroatoms. The molecule has 0 atom stereocenters. The molecule has 0 saturated heterocycles. The van der Waals surface area contributed by atoms with Crippen molar-refractivity contribution >= 4 is 28.7 Å². The molecule has 5 nitrogen and oxygen atoms in total. The second-order valence-electron chi connectivity index (χ2n) is 4.25. The van der Waals surface area contributed by atoms with Crippen LogP contribution in [0, 0.1) is 10.1 Å². The van der Waals surface area contributed by atoms with Crippen molar-refractivity contribution < 1.29 is 4.92 Å². The van der Waals surface area contributed by atoms with E-state index in [4.69, 9.17) is 12.2 Å². The van der Waals surface area contributed by atoms with Crippen molar-refractivity contribution in [3.8, 4) is 0 Å². The van der Waals surface area contributed by atoms with E-state index < -0.39 is 4.92 Å². The number of unbranched alkanes of at least 4 members (excludes halogenated alkanes) is 3. The molecule has 0 aliphatic heterocycles. The Bertz CT molecular complexity index is 420. The molecule has 0 aliphatic rings. The lowest BCUT2D eigenvalue weighted by Crippen LogP contribution is -2.29. The van der Waals surface area contributed by atoms with Gasteiger partial charge in [-0.1, -0.05) is 26.2 Å². The third-order valence-electron chi connectivity index (χ3n) is 2.65. The molecule has 1 rings (SSSR count). The highest BCUT2D eigenvalue weighted by Crippen LogP contribution is 2.15. The number of nitro benzene ring substituents is 1. The maximum absolute atomic E-state index is 10.5. The highest BCUT2D eigenvalue weighted by molar-refractivity contribution is 7.80. The average Bonchev–Trinajstić information content (AvgIpc) is 2.39. The number of thiocarbonyl (C=S) groups is 1. The summed E-state index contributed by atoms with van der Waals surface area (Å²) in [5.41, 5.74) is 0.820. The first kappa shape index (κ1) is 15.4. The minimum absolute atomic E-state index is 0.0731. The number of hydrogen-bond acceptors (Lipinski definition) is 3.